The Bertz CT molecular complexity index is 574. The van der Waals surface area contributed by atoms with E-state index in [1.54, 1.807) is 0 Å². The largest absolute Gasteiger partial charge is 0.481 e. The van der Waals surface area contributed by atoms with Gasteiger partial charge in [-0.2, -0.15) is 0 Å². The summed E-state index contributed by atoms with van der Waals surface area (Å²) in [5.74, 6) is 3.09. The first-order chi connectivity index (χ1) is 12.8. The Balaban J connectivity index is 1.56. The minimum absolute atomic E-state index is 0.205. The molecule has 0 heterocycles. The van der Waals surface area contributed by atoms with E-state index in [1.807, 2.05) is 0 Å². The molecule has 0 spiro atoms. The topological polar surface area (TPSA) is 57.5 Å². The molecule has 4 fully saturated rings. The Labute approximate surface area is 165 Å². The molecule has 4 aliphatic carbocycles. The zero-order chi connectivity index (χ0) is 19.4. The maximum Gasteiger partial charge on any atom is 0.303 e. The van der Waals surface area contributed by atoms with Gasteiger partial charge in [0.2, 0.25) is 0 Å². The van der Waals surface area contributed by atoms with E-state index in [-0.39, 0.29) is 23.9 Å². The van der Waals surface area contributed by atoms with Crippen molar-refractivity contribution in [1.82, 2.24) is 0 Å². The average Bonchev–Trinajstić information content (AvgIpc) is 2.89. The lowest BCUT2D eigenvalue weighted by Gasteiger charge is -2.60. The highest BCUT2D eigenvalue weighted by atomic mass is 16.4. The third-order valence-corrected chi connectivity index (χ3v) is 10.1. The minimum Gasteiger partial charge on any atom is -0.481 e. The lowest BCUT2D eigenvalue weighted by molar-refractivity contribution is -0.138. The Kier molecular flexibility index (Phi) is 5.15. The van der Waals surface area contributed by atoms with Gasteiger partial charge in [0.25, 0.3) is 0 Å². The molecule has 4 rings (SSSR count). The molecule has 1 unspecified atom stereocenters. The molecule has 0 saturated heterocycles. The van der Waals surface area contributed by atoms with Crippen LogP contribution in [0.15, 0.2) is 0 Å². The van der Waals surface area contributed by atoms with E-state index in [1.165, 1.54) is 51.4 Å². The van der Waals surface area contributed by atoms with Gasteiger partial charge in [-0.15, -0.1) is 0 Å². The predicted molar refractivity (Wildman–Crippen MR) is 107 cm³/mol. The van der Waals surface area contributed by atoms with Crippen LogP contribution in [0.1, 0.15) is 91.4 Å². The van der Waals surface area contributed by atoms with E-state index >= 15 is 0 Å². The van der Waals surface area contributed by atoms with Gasteiger partial charge in [0.05, 0.1) is 6.10 Å². The second-order valence-electron chi connectivity index (χ2n) is 11.2. The zero-order valence-corrected chi connectivity index (χ0v) is 17.6. The smallest absolute Gasteiger partial charge is 0.303 e. The van der Waals surface area contributed by atoms with Crippen LogP contribution in [0.4, 0.5) is 0 Å². The van der Waals surface area contributed by atoms with Gasteiger partial charge in [-0.25, -0.2) is 0 Å². The van der Waals surface area contributed by atoms with E-state index < -0.39 is 5.97 Å². The van der Waals surface area contributed by atoms with Crippen LogP contribution in [-0.2, 0) is 4.79 Å². The van der Waals surface area contributed by atoms with Gasteiger partial charge >= 0.3 is 5.97 Å². The quantitative estimate of drug-likeness (QED) is 0.680. The van der Waals surface area contributed by atoms with Crippen molar-refractivity contribution in [2.75, 3.05) is 0 Å². The number of hydrogen-bond donors (Lipinski definition) is 2. The van der Waals surface area contributed by atoms with Gasteiger partial charge in [-0.1, -0.05) is 33.6 Å². The second-order valence-corrected chi connectivity index (χ2v) is 11.2. The zero-order valence-electron chi connectivity index (χ0n) is 17.6. The molecule has 2 N–H and O–H groups in total. The monoisotopic (exact) mass is 376 g/mol. The lowest BCUT2D eigenvalue weighted by atomic mass is 9.44. The minimum atomic E-state index is -0.705. The average molecular weight is 377 g/mol. The number of hydrogen-bond acceptors (Lipinski definition) is 2. The summed E-state index contributed by atoms with van der Waals surface area (Å²) >= 11 is 0. The Hall–Kier alpha value is -0.570. The number of carboxylic acid groups (broad SMARTS) is 1. The Morgan fingerprint density at radius 3 is 2.56 bits per heavy atom. The van der Waals surface area contributed by atoms with Crippen LogP contribution in [-0.4, -0.2) is 22.3 Å². The fourth-order valence-corrected chi connectivity index (χ4v) is 8.91. The summed E-state index contributed by atoms with van der Waals surface area (Å²) in [6.07, 6.45) is 12.7. The predicted octanol–water partition coefficient (Wildman–Crippen LogP) is 5.51. The summed E-state index contributed by atoms with van der Waals surface area (Å²) in [5.41, 5.74) is 0.747. The van der Waals surface area contributed by atoms with Crippen molar-refractivity contribution < 1.29 is 15.0 Å². The SMILES string of the molecule is C[C@H](CCC(=O)O)[C@H]1C(O)C[C@H]2[C@@H]3CC[C@@H]4CCCC[C@]4(C)[C@H]3CC[C@]12C. The number of aliphatic hydroxyl groups excluding tert-OH is 1. The first-order valence-corrected chi connectivity index (χ1v) is 11.7. The van der Waals surface area contributed by atoms with Crippen LogP contribution in [0.5, 0.6) is 0 Å². The molecule has 3 heteroatoms. The number of carboxylic acids is 1. The molecule has 0 bridgehead atoms. The van der Waals surface area contributed by atoms with Crippen molar-refractivity contribution in [3.8, 4) is 0 Å². The molecular formula is C24H40O3. The summed E-state index contributed by atoms with van der Waals surface area (Å²) in [6, 6.07) is 0. The fourth-order valence-electron chi connectivity index (χ4n) is 8.91. The van der Waals surface area contributed by atoms with Crippen LogP contribution in [0.3, 0.4) is 0 Å². The molecule has 0 aromatic heterocycles. The van der Waals surface area contributed by atoms with Crippen molar-refractivity contribution in [3.63, 3.8) is 0 Å². The van der Waals surface area contributed by atoms with Crippen molar-refractivity contribution in [1.29, 1.82) is 0 Å². The molecule has 9 atom stereocenters. The first-order valence-electron chi connectivity index (χ1n) is 11.7. The van der Waals surface area contributed by atoms with Crippen molar-refractivity contribution >= 4 is 5.97 Å². The second kappa shape index (κ2) is 7.04. The van der Waals surface area contributed by atoms with E-state index in [9.17, 15) is 9.90 Å². The highest BCUT2D eigenvalue weighted by Gasteiger charge is 2.62. The molecule has 4 saturated carbocycles. The third-order valence-electron chi connectivity index (χ3n) is 10.1. The van der Waals surface area contributed by atoms with Crippen LogP contribution < -0.4 is 0 Å². The third kappa shape index (κ3) is 3.07. The molecule has 27 heavy (non-hydrogen) atoms. The number of rotatable bonds is 4. The van der Waals surface area contributed by atoms with Gasteiger partial charge in [0, 0.05) is 6.42 Å². The Morgan fingerprint density at radius 2 is 1.81 bits per heavy atom. The summed E-state index contributed by atoms with van der Waals surface area (Å²) in [6.45, 7) is 7.24. The first kappa shape index (κ1) is 19.7. The molecule has 0 radical (unpaired) electrons. The van der Waals surface area contributed by atoms with E-state index in [4.69, 9.17) is 5.11 Å². The molecule has 0 aromatic rings. The van der Waals surface area contributed by atoms with Gasteiger partial charge in [-0.05, 0) is 97.7 Å². The molecular weight excluding hydrogens is 336 g/mol. The van der Waals surface area contributed by atoms with Gasteiger partial charge in [-0.3, -0.25) is 4.79 Å². The summed E-state index contributed by atoms with van der Waals surface area (Å²) in [7, 11) is 0. The number of aliphatic carboxylic acids is 1. The van der Waals surface area contributed by atoms with E-state index in [0.29, 0.717) is 23.7 Å². The summed E-state index contributed by atoms with van der Waals surface area (Å²) in [5, 5.41) is 20.2. The van der Waals surface area contributed by atoms with E-state index in [0.717, 1.165) is 24.2 Å². The van der Waals surface area contributed by atoms with Gasteiger partial charge < -0.3 is 10.2 Å². The molecule has 0 amide bonds. The highest BCUT2D eigenvalue weighted by molar-refractivity contribution is 5.66. The summed E-state index contributed by atoms with van der Waals surface area (Å²) in [4.78, 5) is 11.1. The standard InChI is InChI=1S/C24H40O3/c1-15(7-10-21(26)27)22-20(25)14-19-17-9-8-16-6-4-5-12-23(16,2)18(17)11-13-24(19,22)3/h15-20,22,25H,4-14H2,1-3H3,(H,26,27)/t15-,16+,17-,18+,19+,20?,22+,23+,24+/m1/s1. The van der Waals surface area contributed by atoms with Gasteiger partial charge in [0.1, 0.15) is 0 Å². The van der Waals surface area contributed by atoms with Crippen LogP contribution in [0, 0.1) is 46.3 Å². The number of fused-ring (bicyclic) bond motifs is 5. The number of carbonyl (C=O) groups is 1. The highest BCUT2D eigenvalue weighted by Crippen LogP contribution is 2.68. The summed E-state index contributed by atoms with van der Waals surface area (Å²) < 4.78 is 0. The van der Waals surface area contributed by atoms with Crippen molar-refractivity contribution in [2.24, 2.45) is 46.3 Å². The lowest BCUT2D eigenvalue weighted by Crippen LogP contribution is -2.53. The molecule has 0 aromatic carbocycles. The van der Waals surface area contributed by atoms with Crippen molar-refractivity contribution in [3.05, 3.63) is 0 Å². The normalized spacial score (nSPS) is 50.4. The molecule has 0 aliphatic heterocycles. The maximum atomic E-state index is 11.1. The molecule has 3 nitrogen and oxygen atoms in total. The molecule has 154 valence electrons. The van der Waals surface area contributed by atoms with Gasteiger partial charge in [0.15, 0.2) is 0 Å². The fraction of sp³-hybridized carbons (Fsp3) is 0.958. The molecule has 4 aliphatic rings. The van der Waals surface area contributed by atoms with Crippen molar-refractivity contribution in [2.45, 2.75) is 97.5 Å². The van der Waals surface area contributed by atoms with Crippen LogP contribution in [0.25, 0.3) is 0 Å². The number of aliphatic hydroxyl groups is 1. The van der Waals surface area contributed by atoms with E-state index in [2.05, 4.69) is 20.8 Å². The maximum absolute atomic E-state index is 11.1. The van der Waals surface area contributed by atoms with Crippen LogP contribution in [0.2, 0.25) is 0 Å². The Morgan fingerprint density at radius 1 is 1.04 bits per heavy atom. The van der Waals surface area contributed by atoms with Crippen LogP contribution >= 0.6 is 0 Å².